The number of rotatable bonds is 3. The third-order valence-electron chi connectivity index (χ3n) is 3.55. The number of hydrogen-bond donors (Lipinski definition) is 0. The van der Waals surface area contributed by atoms with Crippen molar-refractivity contribution in [2.45, 2.75) is 19.4 Å². The first kappa shape index (κ1) is 14.2. The average molecular weight is 303 g/mol. The van der Waals surface area contributed by atoms with Crippen molar-refractivity contribution < 1.29 is 9.53 Å². The Morgan fingerprint density at radius 3 is 3.19 bits per heavy atom. The zero-order valence-corrected chi connectivity index (χ0v) is 12.7. The quantitative estimate of drug-likeness (QED) is 0.869. The van der Waals surface area contributed by atoms with E-state index in [1.807, 2.05) is 30.2 Å². The zero-order chi connectivity index (χ0) is 14.7. The number of thiazole rings is 1. The SMILES string of the molecule is Cc1ncsc1C(=O)N1CCO[C@@H](Cc2cccnc2)C1. The lowest BCUT2D eigenvalue weighted by Gasteiger charge is -2.32. The molecular weight excluding hydrogens is 286 g/mol. The van der Waals surface area contributed by atoms with E-state index in [2.05, 4.69) is 9.97 Å². The molecule has 2 aromatic heterocycles. The van der Waals surface area contributed by atoms with Gasteiger partial charge in [-0.1, -0.05) is 6.07 Å². The van der Waals surface area contributed by atoms with Gasteiger partial charge < -0.3 is 9.64 Å². The molecule has 1 amide bonds. The van der Waals surface area contributed by atoms with Crippen LogP contribution in [0.4, 0.5) is 0 Å². The average Bonchev–Trinajstić information content (AvgIpc) is 2.94. The Bertz CT molecular complexity index is 614. The normalized spacial score (nSPS) is 18.7. The van der Waals surface area contributed by atoms with Crippen molar-refractivity contribution in [3.8, 4) is 0 Å². The number of pyridine rings is 1. The molecule has 1 aliphatic rings. The van der Waals surface area contributed by atoms with Gasteiger partial charge in [0.1, 0.15) is 4.88 Å². The van der Waals surface area contributed by atoms with Crippen LogP contribution in [0.5, 0.6) is 0 Å². The Hall–Kier alpha value is -1.79. The Kier molecular flexibility index (Phi) is 4.26. The number of carbonyl (C=O) groups excluding carboxylic acids is 1. The molecule has 2 aromatic rings. The first-order valence-electron chi connectivity index (χ1n) is 6.94. The second-order valence-electron chi connectivity index (χ2n) is 5.08. The predicted molar refractivity (Wildman–Crippen MR) is 80.4 cm³/mol. The third kappa shape index (κ3) is 3.28. The summed E-state index contributed by atoms with van der Waals surface area (Å²) in [5.41, 5.74) is 3.65. The Morgan fingerprint density at radius 1 is 1.57 bits per heavy atom. The standard InChI is InChI=1S/C15H17N3O2S/c1-11-14(21-10-17-11)15(19)18-5-6-20-13(9-18)7-12-3-2-4-16-8-12/h2-4,8,10,13H,5-7,9H2,1H3/t13-/m0/s1. The second-order valence-corrected chi connectivity index (χ2v) is 5.93. The van der Waals surface area contributed by atoms with Crippen LogP contribution >= 0.6 is 11.3 Å². The summed E-state index contributed by atoms with van der Waals surface area (Å²) in [6.07, 6.45) is 4.41. The number of hydrogen-bond acceptors (Lipinski definition) is 5. The molecule has 1 atom stereocenters. The fourth-order valence-electron chi connectivity index (χ4n) is 2.46. The minimum absolute atomic E-state index is 0.0279. The molecule has 0 saturated carbocycles. The van der Waals surface area contributed by atoms with E-state index in [9.17, 15) is 4.79 Å². The lowest BCUT2D eigenvalue weighted by atomic mass is 10.1. The van der Waals surface area contributed by atoms with E-state index in [0.717, 1.165) is 22.6 Å². The number of nitrogens with zero attached hydrogens (tertiary/aromatic N) is 3. The Balaban J connectivity index is 1.66. The van der Waals surface area contributed by atoms with Crippen molar-refractivity contribution in [1.82, 2.24) is 14.9 Å². The molecule has 5 nitrogen and oxygen atoms in total. The van der Waals surface area contributed by atoms with Gasteiger partial charge in [-0.05, 0) is 18.6 Å². The topological polar surface area (TPSA) is 55.3 Å². The summed E-state index contributed by atoms with van der Waals surface area (Å²) in [5, 5.41) is 0. The van der Waals surface area contributed by atoms with Crippen LogP contribution in [0.2, 0.25) is 0 Å². The van der Waals surface area contributed by atoms with Gasteiger partial charge in [0, 0.05) is 31.9 Å². The van der Waals surface area contributed by atoms with Crippen molar-refractivity contribution in [3.05, 3.63) is 46.2 Å². The molecule has 3 heterocycles. The monoisotopic (exact) mass is 303 g/mol. The van der Waals surface area contributed by atoms with Crippen LogP contribution in [0.3, 0.4) is 0 Å². The predicted octanol–water partition coefficient (Wildman–Crippen LogP) is 1.93. The van der Waals surface area contributed by atoms with Crippen LogP contribution in [-0.2, 0) is 11.2 Å². The van der Waals surface area contributed by atoms with Crippen LogP contribution in [0.15, 0.2) is 30.0 Å². The summed E-state index contributed by atoms with van der Waals surface area (Å²) in [4.78, 5) is 23.4. The number of aromatic nitrogens is 2. The summed E-state index contributed by atoms with van der Waals surface area (Å²) >= 11 is 1.40. The van der Waals surface area contributed by atoms with E-state index >= 15 is 0 Å². The maximum Gasteiger partial charge on any atom is 0.266 e. The second kappa shape index (κ2) is 6.32. The molecule has 0 aliphatic carbocycles. The number of carbonyl (C=O) groups is 1. The summed E-state index contributed by atoms with van der Waals surface area (Å²) in [7, 11) is 0. The van der Waals surface area contributed by atoms with E-state index < -0.39 is 0 Å². The fourth-order valence-corrected chi connectivity index (χ4v) is 3.23. The van der Waals surface area contributed by atoms with Crippen LogP contribution in [0.1, 0.15) is 20.9 Å². The molecule has 1 aliphatic heterocycles. The van der Waals surface area contributed by atoms with Crippen LogP contribution in [0.25, 0.3) is 0 Å². The van der Waals surface area contributed by atoms with Gasteiger partial charge in [-0.25, -0.2) is 4.98 Å². The van der Waals surface area contributed by atoms with E-state index in [1.54, 1.807) is 11.7 Å². The first-order chi connectivity index (χ1) is 10.2. The lowest BCUT2D eigenvalue weighted by molar-refractivity contribution is -0.0207. The van der Waals surface area contributed by atoms with Gasteiger partial charge in [-0.15, -0.1) is 11.3 Å². The van der Waals surface area contributed by atoms with E-state index in [4.69, 9.17) is 4.74 Å². The summed E-state index contributed by atoms with van der Waals surface area (Å²) in [6.45, 7) is 3.70. The third-order valence-corrected chi connectivity index (χ3v) is 4.47. The van der Waals surface area contributed by atoms with Crippen molar-refractivity contribution in [3.63, 3.8) is 0 Å². The fraction of sp³-hybridized carbons (Fsp3) is 0.400. The minimum Gasteiger partial charge on any atom is -0.374 e. The molecule has 1 saturated heterocycles. The molecule has 1 fully saturated rings. The van der Waals surface area contributed by atoms with Crippen LogP contribution in [0, 0.1) is 6.92 Å². The van der Waals surface area contributed by atoms with E-state index in [1.165, 1.54) is 11.3 Å². The highest BCUT2D eigenvalue weighted by Gasteiger charge is 2.26. The van der Waals surface area contributed by atoms with Gasteiger partial charge in [0.15, 0.2) is 0 Å². The molecule has 0 unspecified atom stereocenters. The van der Waals surface area contributed by atoms with Crippen LogP contribution < -0.4 is 0 Å². The van der Waals surface area contributed by atoms with E-state index in [0.29, 0.717) is 19.7 Å². The lowest BCUT2D eigenvalue weighted by Crippen LogP contribution is -2.46. The molecule has 0 N–H and O–H groups in total. The number of aryl methyl sites for hydroxylation is 1. The molecule has 3 rings (SSSR count). The highest BCUT2D eigenvalue weighted by molar-refractivity contribution is 7.11. The maximum atomic E-state index is 12.5. The summed E-state index contributed by atoms with van der Waals surface area (Å²) in [5.74, 6) is 0.0643. The van der Waals surface area contributed by atoms with Crippen molar-refractivity contribution in [2.75, 3.05) is 19.7 Å². The number of ether oxygens (including phenoxy) is 1. The first-order valence-corrected chi connectivity index (χ1v) is 7.82. The van der Waals surface area contributed by atoms with Crippen LogP contribution in [-0.4, -0.2) is 46.6 Å². The molecule has 110 valence electrons. The van der Waals surface area contributed by atoms with Gasteiger partial charge in [0.2, 0.25) is 0 Å². The van der Waals surface area contributed by atoms with Gasteiger partial charge in [-0.3, -0.25) is 9.78 Å². The number of morpholine rings is 1. The highest BCUT2D eigenvalue weighted by atomic mass is 32.1. The summed E-state index contributed by atoms with van der Waals surface area (Å²) in [6, 6.07) is 3.95. The Morgan fingerprint density at radius 2 is 2.48 bits per heavy atom. The van der Waals surface area contributed by atoms with Crippen molar-refractivity contribution >= 4 is 17.2 Å². The highest BCUT2D eigenvalue weighted by Crippen LogP contribution is 2.18. The van der Waals surface area contributed by atoms with Crippen molar-refractivity contribution in [2.24, 2.45) is 0 Å². The molecule has 21 heavy (non-hydrogen) atoms. The number of amides is 1. The molecule has 0 radical (unpaired) electrons. The van der Waals surface area contributed by atoms with Crippen molar-refractivity contribution in [1.29, 1.82) is 0 Å². The molecule has 6 heteroatoms. The van der Waals surface area contributed by atoms with Gasteiger partial charge in [0.05, 0.1) is 23.9 Å². The molecule has 0 aromatic carbocycles. The molecule has 0 bridgehead atoms. The Labute approximate surface area is 127 Å². The van der Waals surface area contributed by atoms with Gasteiger partial charge in [-0.2, -0.15) is 0 Å². The smallest absolute Gasteiger partial charge is 0.266 e. The molecule has 0 spiro atoms. The summed E-state index contributed by atoms with van der Waals surface area (Å²) < 4.78 is 5.78. The van der Waals surface area contributed by atoms with E-state index in [-0.39, 0.29) is 12.0 Å². The minimum atomic E-state index is 0.0279. The largest absolute Gasteiger partial charge is 0.374 e. The zero-order valence-electron chi connectivity index (χ0n) is 11.9. The molecular formula is C15H17N3O2S. The maximum absolute atomic E-state index is 12.5. The van der Waals surface area contributed by atoms with Gasteiger partial charge in [0.25, 0.3) is 5.91 Å². The van der Waals surface area contributed by atoms with Gasteiger partial charge >= 0.3 is 0 Å².